The molecular weight excluding hydrogens is 577 g/mol. The minimum Gasteiger partial charge on any atom is -0.320 e. The Morgan fingerprint density at radius 3 is 2.38 bits per heavy atom. The molecule has 0 unspecified atom stereocenters. The number of nitrogens with one attached hydrogen (secondary N) is 1. The van der Waals surface area contributed by atoms with Crippen molar-refractivity contribution in [2.24, 2.45) is 0 Å². The van der Waals surface area contributed by atoms with E-state index in [9.17, 15) is 18.0 Å². The number of aromatic nitrogens is 3. The molecule has 10 heteroatoms. The van der Waals surface area contributed by atoms with Crippen molar-refractivity contribution in [1.29, 1.82) is 0 Å². The van der Waals surface area contributed by atoms with E-state index in [1.165, 1.54) is 0 Å². The van der Waals surface area contributed by atoms with Gasteiger partial charge in [0.05, 0.1) is 10.2 Å². The predicted molar refractivity (Wildman–Crippen MR) is 131 cm³/mol. The molecule has 1 amide bonds. The Hall–Kier alpha value is -3.24. The molecule has 3 aromatic carbocycles. The number of fused-ring (bicyclic) bond motifs is 2. The molecule has 1 N–H and O–H groups in total. The number of benzene rings is 3. The average molecular weight is 590 g/mol. The number of hydrogen-bond acceptors (Lipinski definition) is 3. The lowest BCUT2D eigenvalue weighted by molar-refractivity contribution is -0.142. The lowest BCUT2D eigenvalue weighted by atomic mass is 10.1. The Morgan fingerprint density at radius 2 is 1.65 bits per heavy atom. The minimum atomic E-state index is -4.72. The molecule has 2 aromatic heterocycles. The third-order valence-electron chi connectivity index (χ3n) is 5.22. The summed E-state index contributed by atoms with van der Waals surface area (Å²) >= 11 is 6.56. The molecule has 0 radical (unpaired) electrons. The summed E-state index contributed by atoms with van der Waals surface area (Å²) < 4.78 is 43.3. The van der Waals surface area contributed by atoms with Crippen LogP contribution in [0, 0.1) is 0 Å². The number of hydrogen-bond donors (Lipinski definition) is 1. The fourth-order valence-corrected chi connectivity index (χ4v) is 4.40. The van der Waals surface area contributed by atoms with Crippen LogP contribution in [0.2, 0.25) is 0 Å². The second-order valence-corrected chi connectivity index (χ2v) is 9.12. The first kappa shape index (κ1) is 22.5. The molecule has 170 valence electrons. The van der Waals surface area contributed by atoms with Crippen LogP contribution in [-0.4, -0.2) is 20.5 Å². The molecule has 0 aliphatic rings. The Balaban J connectivity index is 1.63. The van der Waals surface area contributed by atoms with Crippen molar-refractivity contribution in [2.45, 2.75) is 6.18 Å². The fourth-order valence-electron chi connectivity index (χ4n) is 3.62. The summed E-state index contributed by atoms with van der Waals surface area (Å²) in [6, 6.07) is 20.5. The standard InChI is InChI=1S/C24H13Br2F3N4O/c25-15-10-8-14(9-11-15)18-12-19(24(27,28)29)33-22(30-18)20(26)21(32-33)23(34)31-17-7-3-5-13-4-1-2-6-16(13)17/h1-12H,(H,31,34). The fraction of sp³-hybridized carbons (Fsp3) is 0.0417. The Bertz CT molecular complexity index is 1560. The van der Waals surface area contributed by atoms with Gasteiger partial charge in [0.25, 0.3) is 5.91 Å². The van der Waals surface area contributed by atoms with E-state index in [0.717, 1.165) is 21.3 Å². The van der Waals surface area contributed by atoms with Crippen molar-refractivity contribution in [3.8, 4) is 11.3 Å². The van der Waals surface area contributed by atoms with Crippen LogP contribution in [0.15, 0.2) is 81.7 Å². The van der Waals surface area contributed by atoms with Gasteiger partial charge in [-0.15, -0.1) is 0 Å². The monoisotopic (exact) mass is 588 g/mol. The van der Waals surface area contributed by atoms with E-state index in [1.807, 2.05) is 30.3 Å². The third-order valence-corrected chi connectivity index (χ3v) is 6.48. The number of nitrogens with zero attached hydrogens (tertiary/aromatic N) is 3. The maximum absolute atomic E-state index is 13.9. The van der Waals surface area contributed by atoms with Gasteiger partial charge in [0.2, 0.25) is 0 Å². The van der Waals surface area contributed by atoms with Crippen molar-refractivity contribution >= 4 is 59.9 Å². The molecule has 0 atom stereocenters. The van der Waals surface area contributed by atoms with Crippen molar-refractivity contribution < 1.29 is 18.0 Å². The van der Waals surface area contributed by atoms with Crippen LogP contribution in [-0.2, 0) is 6.18 Å². The number of carbonyl (C=O) groups excluding carboxylic acids is 1. The number of rotatable bonds is 3. The molecular formula is C24H13Br2F3N4O. The predicted octanol–water partition coefficient (Wildman–Crippen LogP) is 7.35. The maximum atomic E-state index is 13.9. The first-order valence-corrected chi connectivity index (χ1v) is 11.5. The van der Waals surface area contributed by atoms with Crippen molar-refractivity contribution in [1.82, 2.24) is 14.6 Å². The highest BCUT2D eigenvalue weighted by atomic mass is 79.9. The summed E-state index contributed by atoms with van der Waals surface area (Å²) in [7, 11) is 0. The minimum absolute atomic E-state index is 0.0645. The summed E-state index contributed by atoms with van der Waals surface area (Å²) in [6.45, 7) is 0. The van der Waals surface area contributed by atoms with E-state index < -0.39 is 17.8 Å². The molecule has 34 heavy (non-hydrogen) atoms. The van der Waals surface area contributed by atoms with Crippen LogP contribution in [0.5, 0.6) is 0 Å². The molecule has 0 aliphatic heterocycles. The Kier molecular flexibility index (Phi) is 5.65. The highest BCUT2D eigenvalue weighted by Gasteiger charge is 2.36. The number of amides is 1. The van der Waals surface area contributed by atoms with E-state index in [0.29, 0.717) is 15.8 Å². The van der Waals surface area contributed by atoms with Crippen molar-refractivity contribution in [3.63, 3.8) is 0 Å². The topological polar surface area (TPSA) is 59.3 Å². The van der Waals surface area contributed by atoms with Gasteiger partial charge in [-0.2, -0.15) is 18.3 Å². The van der Waals surface area contributed by atoms with Crippen LogP contribution in [0.4, 0.5) is 18.9 Å². The largest absolute Gasteiger partial charge is 0.433 e. The van der Waals surface area contributed by atoms with Crippen molar-refractivity contribution in [3.05, 3.63) is 93.1 Å². The van der Waals surface area contributed by atoms with Crippen LogP contribution < -0.4 is 5.32 Å². The summed E-state index contributed by atoms with van der Waals surface area (Å²) in [5, 5.41) is 8.43. The SMILES string of the molecule is O=C(Nc1cccc2ccccc12)c1nn2c(C(F)(F)F)cc(-c3ccc(Br)cc3)nc2c1Br. The second kappa shape index (κ2) is 8.52. The van der Waals surface area contributed by atoms with Crippen LogP contribution in [0.25, 0.3) is 27.7 Å². The summed E-state index contributed by atoms with van der Waals surface area (Å²) in [5.74, 6) is -0.660. The molecule has 2 heterocycles. The van der Waals surface area contributed by atoms with Crippen LogP contribution in [0.3, 0.4) is 0 Å². The number of anilines is 1. The highest BCUT2D eigenvalue weighted by molar-refractivity contribution is 9.11. The lowest BCUT2D eigenvalue weighted by Crippen LogP contribution is -2.16. The van der Waals surface area contributed by atoms with Gasteiger partial charge in [0.15, 0.2) is 17.0 Å². The Labute approximate surface area is 207 Å². The smallest absolute Gasteiger partial charge is 0.320 e. The maximum Gasteiger partial charge on any atom is 0.433 e. The van der Waals surface area contributed by atoms with E-state index in [4.69, 9.17) is 0 Å². The van der Waals surface area contributed by atoms with Gasteiger partial charge in [-0.3, -0.25) is 4.79 Å². The second-order valence-electron chi connectivity index (χ2n) is 7.41. The lowest BCUT2D eigenvalue weighted by Gasteiger charge is -2.11. The zero-order valence-electron chi connectivity index (χ0n) is 17.1. The molecule has 5 aromatic rings. The molecule has 0 fully saturated rings. The number of halogens is 5. The van der Waals surface area contributed by atoms with Crippen molar-refractivity contribution in [2.75, 3.05) is 5.32 Å². The average Bonchev–Trinajstić information content (AvgIpc) is 3.15. The molecule has 0 spiro atoms. The van der Waals surface area contributed by atoms with E-state index >= 15 is 0 Å². The first-order chi connectivity index (χ1) is 16.2. The molecule has 5 nitrogen and oxygen atoms in total. The van der Waals surface area contributed by atoms with Gasteiger partial charge >= 0.3 is 6.18 Å². The van der Waals surface area contributed by atoms with E-state index in [-0.39, 0.29) is 21.5 Å². The van der Waals surface area contributed by atoms with Gasteiger partial charge in [0.1, 0.15) is 0 Å². The summed E-state index contributed by atoms with van der Waals surface area (Å²) in [4.78, 5) is 17.4. The normalized spacial score (nSPS) is 11.8. The summed E-state index contributed by atoms with van der Waals surface area (Å²) in [6.07, 6.45) is -4.72. The molecule has 0 bridgehead atoms. The van der Waals surface area contributed by atoms with Gasteiger partial charge in [-0.05, 0) is 45.6 Å². The Morgan fingerprint density at radius 1 is 0.941 bits per heavy atom. The van der Waals surface area contributed by atoms with Gasteiger partial charge in [0, 0.05) is 21.1 Å². The van der Waals surface area contributed by atoms with Gasteiger partial charge in [-0.1, -0.05) is 64.5 Å². The van der Waals surface area contributed by atoms with Crippen LogP contribution >= 0.6 is 31.9 Å². The van der Waals surface area contributed by atoms with E-state index in [2.05, 4.69) is 47.3 Å². The number of carbonyl (C=O) groups is 1. The quantitative estimate of drug-likeness (QED) is 0.239. The molecule has 0 aliphatic carbocycles. The van der Waals surface area contributed by atoms with Gasteiger partial charge < -0.3 is 5.32 Å². The molecule has 0 saturated heterocycles. The highest BCUT2D eigenvalue weighted by Crippen LogP contribution is 2.35. The third kappa shape index (κ3) is 4.07. The van der Waals surface area contributed by atoms with Gasteiger partial charge in [-0.25, -0.2) is 9.50 Å². The van der Waals surface area contributed by atoms with E-state index in [1.54, 1.807) is 36.4 Å². The zero-order chi connectivity index (χ0) is 24.0. The summed E-state index contributed by atoms with van der Waals surface area (Å²) in [5.41, 5.74) is -0.248. The first-order valence-electron chi connectivity index (χ1n) is 9.94. The zero-order valence-corrected chi connectivity index (χ0v) is 20.2. The molecule has 0 saturated carbocycles. The number of alkyl halides is 3. The van der Waals surface area contributed by atoms with Crippen LogP contribution in [0.1, 0.15) is 16.2 Å². The molecule has 5 rings (SSSR count).